The molecule has 0 saturated heterocycles. The Balaban J connectivity index is 2.25. The molecule has 0 atom stereocenters. The van der Waals surface area contributed by atoms with E-state index >= 15 is 0 Å². The maximum absolute atomic E-state index is 5.72. The number of hydrogen-bond acceptors (Lipinski definition) is 2. The lowest BCUT2D eigenvalue weighted by molar-refractivity contribution is 0.458. The summed E-state index contributed by atoms with van der Waals surface area (Å²) in [6.07, 6.45) is 0. The predicted molar refractivity (Wildman–Crippen MR) is 75.7 cm³/mol. The highest BCUT2D eigenvalue weighted by Crippen LogP contribution is 2.31. The average molecular weight is 377 g/mol. The Hall–Kier alpha value is -0.580. The molecule has 0 aliphatic rings. The molecule has 2 rings (SSSR count). The van der Waals surface area contributed by atoms with Crippen LogP contribution < -0.4 is 4.74 Å². The van der Waals surface area contributed by atoms with Crippen molar-refractivity contribution in [2.24, 2.45) is 0 Å². The molecule has 0 spiro atoms. The van der Waals surface area contributed by atoms with E-state index in [2.05, 4.69) is 36.8 Å². The first-order valence-electron chi connectivity index (χ1n) is 4.84. The van der Waals surface area contributed by atoms with Gasteiger partial charge in [0.05, 0.1) is 16.0 Å². The standard InChI is InChI=1S/C12H8Br2ClNO/c13-8-4-5-11(10(14)6-8)17-12-3-1-2-9(7-15)16-12/h1-6H,7H2. The molecule has 0 amide bonds. The molecule has 0 radical (unpaired) electrons. The molecule has 88 valence electrons. The number of hydrogen-bond donors (Lipinski definition) is 0. The molecule has 17 heavy (non-hydrogen) atoms. The average Bonchev–Trinajstić information content (AvgIpc) is 2.33. The van der Waals surface area contributed by atoms with E-state index in [4.69, 9.17) is 16.3 Å². The summed E-state index contributed by atoms with van der Waals surface area (Å²) in [5, 5.41) is 0. The van der Waals surface area contributed by atoms with Crippen LogP contribution in [0.25, 0.3) is 0 Å². The van der Waals surface area contributed by atoms with Gasteiger partial charge in [0, 0.05) is 10.5 Å². The fraction of sp³-hybridized carbons (Fsp3) is 0.0833. The quantitative estimate of drug-likeness (QED) is 0.691. The van der Waals surface area contributed by atoms with Crippen LogP contribution in [0.5, 0.6) is 11.6 Å². The van der Waals surface area contributed by atoms with Crippen LogP contribution in [0.15, 0.2) is 45.3 Å². The number of rotatable bonds is 3. The van der Waals surface area contributed by atoms with E-state index in [9.17, 15) is 0 Å². The van der Waals surface area contributed by atoms with Crippen molar-refractivity contribution in [2.45, 2.75) is 5.88 Å². The summed E-state index contributed by atoms with van der Waals surface area (Å²) in [4.78, 5) is 4.26. The molecular weight excluding hydrogens is 369 g/mol. The Morgan fingerprint density at radius 2 is 2.00 bits per heavy atom. The molecule has 1 aromatic heterocycles. The van der Waals surface area contributed by atoms with Gasteiger partial charge in [0.15, 0.2) is 0 Å². The van der Waals surface area contributed by atoms with Gasteiger partial charge in [0.1, 0.15) is 5.75 Å². The van der Waals surface area contributed by atoms with Crippen LogP contribution in [0.1, 0.15) is 5.69 Å². The smallest absolute Gasteiger partial charge is 0.219 e. The van der Waals surface area contributed by atoms with Crippen LogP contribution in [-0.4, -0.2) is 4.98 Å². The second-order valence-electron chi connectivity index (χ2n) is 3.28. The maximum atomic E-state index is 5.72. The summed E-state index contributed by atoms with van der Waals surface area (Å²) in [7, 11) is 0. The first kappa shape index (κ1) is 12.9. The maximum Gasteiger partial charge on any atom is 0.219 e. The highest BCUT2D eigenvalue weighted by atomic mass is 79.9. The molecule has 0 saturated carbocycles. The molecule has 0 bridgehead atoms. The Labute approximate surface area is 121 Å². The van der Waals surface area contributed by atoms with Gasteiger partial charge in [-0.2, -0.15) is 0 Å². The zero-order chi connectivity index (χ0) is 12.3. The number of aromatic nitrogens is 1. The number of ether oxygens (including phenoxy) is 1. The third kappa shape index (κ3) is 3.44. The number of alkyl halides is 1. The second-order valence-corrected chi connectivity index (χ2v) is 5.31. The van der Waals surface area contributed by atoms with Gasteiger partial charge < -0.3 is 4.74 Å². The topological polar surface area (TPSA) is 22.1 Å². The van der Waals surface area contributed by atoms with Gasteiger partial charge in [0.2, 0.25) is 5.88 Å². The molecule has 0 fully saturated rings. The number of halogens is 3. The van der Waals surface area contributed by atoms with Crippen molar-refractivity contribution in [1.82, 2.24) is 4.98 Å². The normalized spacial score (nSPS) is 10.3. The van der Waals surface area contributed by atoms with Crippen LogP contribution >= 0.6 is 43.5 Å². The van der Waals surface area contributed by atoms with Crippen LogP contribution in [0, 0.1) is 0 Å². The molecule has 0 unspecified atom stereocenters. The lowest BCUT2D eigenvalue weighted by Gasteiger charge is -2.07. The van der Waals surface area contributed by atoms with E-state index in [1.165, 1.54) is 0 Å². The van der Waals surface area contributed by atoms with Crippen molar-refractivity contribution < 1.29 is 4.74 Å². The van der Waals surface area contributed by atoms with Gasteiger partial charge in [0.25, 0.3) is 0 Å². The van der Waals surface area contributed by atoms with Crippen molar-refractivity contribution >= 4 is 43.5 Å². The van der Waals surface area contributed by atoms with E-state index < -0.39 is 0 Å². The van der Waals surface area contributed by atoms with Crippen molar-refractivity contribution in [3.8, 4) is 11.6 Å². The molecule has 0 N–H and O–H groups in total. The summed E-state index contributed by atoms with van der Waals surface area (Å²) < 4.78 is 7.52. The van der Waals surface area contributed by atoms with Gasteiger partial charge in [-0.3, -0.25) is 0 Å². The molecule has 5 heteroatoms. The molecule has 0 aliphatic carbocycles. The molecule has 1 heterocycles. The van der Waals surface area contributed by atoms with Gasteiger partial charge >= 0.3 is 0 Å². The summed E-state index contributed by atoms with van der Waals surface area (Å²) in [6.45, 7) is 0. The third-order valence-electron chi connectivity index (χ3n) is 2.03. The van der Waals surface area contributed by atoms with Crippen LogP contribution in [-0.2, 0) is 5.88 Å². The Kier molecular flexibility index (Phi) is 4.42. The van der Waals surface area contributed by atoms with Crippen LogP contribution in [0.2, 0.25) is 0 Å². The van der Waals surface area contributed by atoms with Crippen molar-refractivity contribution in [1.29, 1.82) is 0 Å². The first-order valence-corrected chi connectivity index (χ1v) is 6.96. The minimum absolute atomic E-state index is 0.374. The van der Waals surface area contributed by atoms with Crippen LogP contribution in [0.4, 0.5) is 0 Å². The Bertz CT molecular complexity index is 534. The monoisotopic (exact) mass is 375 g/mol. The van der Waals surface area contributed by atoms with E-state index in [1.54, 1.807) is 6.07 Å². The molecule has 2 aromatic rings. The Morgan fingerprint density at radius 3 is 2.71 bits per heavy atom. The highest BCUT2D eigenvalue weighted by molar-refractivity contribution is 9.11. The van der Waals surface area contributed by atoms with Crippen molar-refractivity contribution in [3.63, 3.8) is 0 Å². The number of nitrogens with zero attached hydrogens (tertiary/aromatic N) is 1. The van der Waals surface area contributed by atoms with E-state index in [1.807, 2.05) is 30.3 Å². The minimum atomic E-state index is 0.374. The van der Waals surface area contributed by atoms with Gasteiger partial charge in [-0.05, 0) is 40.2 Å². The van der Waals surface area contributed by atoms with E-state index in [0.717, 1.165) is 14.6 Å². The minimum Gasteiger partial charge on any atom is -0.438 e. The fourth-order valence-electron chi connectivity index (χ4n) is 1.26. The highest BCUT2D eigenvalue weighted by Gasteiger charge is 2.04. The first-order chi connectivity index (χ1) is 8.19. The number of pyridine rings is 1. The summed E-state index contributed by atoms with van der Waals surface area (Å²) in [6, 6.07) is 11.2. The molecule has 2 nitrogen and oxygen atoms in total. The van der Waals surface area contributed by atoms with Crippen molar-refractivity contribution in [2.75, 3.05) is 0 Å². The summed E-state index contributed by atoms with van der Waals surface area (Å²) >= 11 is 12.5. The Morgan fingerprint density at radius 1 is 1.18 bits per heavy atom. The zero-order valence-corrected chi connectivity index (χ0v) is 12.6. The largest absolute Gasteiger partial charge is 0.438 e. The van der Waals surface area contributed by atoms with Gasteiger partial charge in [-0.25, -0.2) is 4.98 Å². The predicted octanol–water partition coefficient (Wildman–Crippen LogP) is 5.14. The SMILES string of the molecule is ClCc1cccc(Oc2ccc(Br)cc2Br)n1. The lowest BCUT2D eigenvalue weighted by Crippen LogP contribution is -1.91. The lowest BCUT2D eigenvalue weighted by atomic mass is 10.3. The van der Waals surface area contributed by atoms with Crippen LogP contribution in [0.3, 0.4) is 0 Å². The third-order valence-corrected chi connectivity index (χ3v) is 3.41. The molecule has 0 aliphatic heterocycles. The van der Waals surface area contributed by atoms with E-state index in [-0.39, 0.29) is 0 Å². The van der Waals surface area contributed by atoms with Gasteiger partial charge in [-0.1, -0.05) is 22.0 Å². The molecular formula is C12H8Br2ClNO. The number of benzene rings is 1. The summed E-state index contributed by atoms with van der Waals surface area (Å²) in [5.41, 5.74) is 0.789. The zero-order valence-electron chi connectivity index (χ0n) is 8.66. The fourth-order valence-corrected chi connectivity index (χ4v) is 2.54. The van der Waals surface area contributed by atoms with Crippen molar-refractivity contribution in [3.05, 3.63) is 51.0 Å². The molecule has 1 aromatic carbocycles. The summed E-state index contributed by atoms with van der Waals surface area (Å²) in [5.74, 6) is 1.62. The van der Waals surface area contributed by atoms with Gasteiger partial charge in [-0.15, -0.1) is 11.6 Å². The second kappa shape index (κ2) is 5.85. The van der Waals surface area contributed by atoms with E-state index in [0.29, 0.717) is 17.5 Å².